The molecule has 1 aromatic carbocycles. The van der Waals surface area contributed by atoms with Crippen LogP contribution in [0.1, 0.15) is 50.8 Å². The van der Waals surface area contributed by atoms with Gasteiger partial charge < -0.3 is 4.42 Å². The summed E-state index contributed by atoms with van der Waals surface area (Å²) >= 11 is 0. The minimum atomic E-state index is -3.10. The molecule has 1 aromatic heterocycles. The monoisotopic (exact) mass is 375 g/mol. The van der Waals surface area contributed by atoms with Gasteiger partial charge in [0.05, 0.1) is 5.75 Å². The molecule has 2 aromatic rings. The molecule has 0 amide bonds. The fourth-order valence-electron chi connectivity index (χ4n) is 3.99. The van der Waals surface area contributed by atoms with Crippen molar-refractivity contribution in [2.75, 3.05) is 18.8 Å². The van der Waals surface area contributed by atoms with Crippen LogP contribution in [0.3, 0.4) is 0 Å². The van der Waals surface area contributed by atoms with E-state index in [1.165, 1.54) is 0 Å². The number of aromatic nitrogens is 2. The lowest BCUT2D eigenvalue weighted by Crippen LogP contribution is -2.40. The summed E-state index contributed by atoms with van der Waals surface area (Å²) in [7, 11) is -3.10. The van der Waals surface area contributed by atoms with E-state index >= 15 is 0 Å². The summed E-state index contributed by atoms with van der Waals surface area (Å²) in [5.41, 5.74) is 1.08. The second-order valence-corrected chi connectivity index (χ2v) is 9.59. The minimum Gasteiger partial charge on any atom is -0.420 e. The van der Waals surface area contributed by atoms with Crippen LogP contribution in [0.4, 0.5) is 0 Å². The largest absolute Gasteiger partial charge is 0.420 e. The summed E-state index contributed by atoms with van der Waals surface area (Å²) in [4.78, 5) is 0. The zero-order valence-corrected chi connectivity index (χ0v) is 15.9. The fourth-order valence-corrected chi connectivity index (χ4v) is 5.64. The molecule has 6 nitrogen and oxygen atoms in total. The highest BCUT2D eigenvalue weighted by molar-refractivity contribution is 7.89. The van der Waals surface area contributed by atoms with Crippen LogP contribution in [0.2, 0.25) is 0 Å². The van der Waals surface area contributed by atoms with Crippen molar-refractivity contribution in [3.63, 3.8) is 0 Å². The van der Waals surface area contributed by atoms with Crippen LogP contribution in [-0.4, -0.2) is 41.8 Å². The van der Waals surface area contributed by atoms with Crippen molar-refractivity contribution in [2.45, 2.75) is 44.9 Å². The molecule has 0 N–H and O–H groups in total. The maximum atomic E-state index is 12.4. The molecule has 1 atom stereocenters. The van der Waals surface area contributed by atoms with Gasteiger partial charge in [-0.3, -0.25) is 0 Å². The van der Waals surface area contributed by atoms with E-state index in [0.29, 0.717) is 24.9 Å². The van der Waals surface area contributed by atoms with Crippen molar-refractivity contribution in [1.29, 1.82) is 0 Å². The molecule has 26 heavy (non-hydrogen) atoms. The van der Waals surface area contributed by atoms with Crippen molar-refractivity contribution >= 4 is 10.0 Å². The zero-order chi connectivity index (χ0) is 18.2. The molecule has 2 fully saturated rings. The lowest BCUT2D eigenvalue weighted by Gasteiger charge is -2.31. The van der Waals surface area contributed by atoms with Crippen molar-refractivity contribution in [3.8, 4) is 11.5 Å². The first-order valence-electron chi connectivity index (χ1n) is 9.41. The van der Waals surface area contributed by atoms with E-state index in [2.05, 4.69) is 10.2 Å². The van der Waals surface area contributed by atoms with Gasteiger partial charge in [0.2, 0.25) is 21.8 Å². The number of benzene rings is 1. The van der Waals surface area contributed by atoms with Gasteiger partial charge in [0.15, 0.2) is 0 Å². The highest BCUT2D eigenvalue weighted by atomic mass is 32.2. The van der Waals surface area contributed by atoms with Crippen LogP contribution < -0.4 is 0 Å². The third-order valence-electron chi connectivity index (χ3n) is 5.82. The van der Waals surface area contributed by atoms with Crippen LogP contribution in [0.15, 0.2) is 34.7 Å². The fraction of sp³-hybridized carbons (Fsp3) is 0.579. The smallest absolute Gasteiger partial charge is 0.247 e. The van der Waals surface area contributed by atoms with E-state index in [9.17, 15) is 8.42 Å². The second-order valence-electron chi connectivity index (χ2n) is 7.50. The lowest BCUT2D eigenvalue weighted by atomic mass is 9.92. The molecular formula is C19H25N3O3S. The van der Waals surface area contributed by atoms with Gasteiger partial charge in [0.25, 0.3) is 0 Å². The van der Waals surface area contributed by atoms with Crippen LogP contribution in [-0.2, 0) is 10.0 Å². The number of nitrogens with zero attached hydrogens (tertiary/aromatic N) is 3. The van der Waals surface area contributed by atoms with Crippen LogP contribution in [0, 0.1) is 5.41 Å². The number of hydrogen-bond donors (Lipinski definition) is 0. The Bertz CT molecular complexity index is 855. The molecule has 1 saturated heterocycles. The predicted octanol–water partition coefficient (Wildman–Crippen LogP) is 3.44. The van der Waals surface area contributed by atoms with Crippen molar-refractivity contribution in [2.24, 2.45) is 5.41 Å². The molecule has 1 saturated carbocycles. The minimum absolute atomic E-state index is 0.150. The highest BCUT2D eigenvalue weighted by Gasteiger charge is 2.58. The number of unbranched alkanes of at least 4 members (excludes halogenated alkanes) is 1. The first-order valence-corrected chi connectivity index (χ1v) is 11.0. The summed E-state index contributed by atoms with van der Waals surface area (Å²) < 4.78 is 32.3. The molecule has 1 aliphatic carbocycles. The molecule has 0 radical (unpaired) electrons. The van der Waals surface area contributed by atoms with Gasteiger partial charge >= 0.3 is 0 Å². The van der Waals surface area contributed by atoms with E-state index in [-0.39, 0.29) is 17.1 Å². The summed E-state index contributed by atoms with van der Waals surface area (Å²) in [6, 6.07) is 9.78. The van der Waals surface area contributed by atoms with E-state index in [1.54, 1.807) is 4.31 Å². The topological polar surface area (TPSA) is 76.3 Å². The second kappa shape index (κ2) is 6.78. The summed E-state index contributed by atoms with van der Waals surface area (Å²) in [6.45, 7) is 3.24. The first-order chi connectivity index (χ1) is 12.5. The van der Waals surface area contributed by atoms with Gasteiger partial charge in [-0.15, -0.1) is 10.2 Å². The van der Waals surface area contributed by atoms with Gasteiger partial charge in [0.1, 0.15) is 0 Å². The van der Waals surface area contributed by atoms with Crippen LogP contribution in [0.25, 0.3) is 11.5 Å². The maximum absolute atomic E-state index is 12.4. The average molecular weight is 375 g/mol. The molecule has 0 bridgehead atoms. The van der Waals surface area contributed by atoms with Crippen molar-refractivity contribution in [1.82, 2.24) is 14.5 Å². The Kier molecular flexibility index (Phi) is 4.61. The Morgan fingerprint density at radius 2 is 1.92 bits per heavy atom. The number of piperidine rings is 1. The van der Waals surface area contributed by atoms with Gasteiger partial charge in [0, 0.05) is 24.6 Å². The van der Waals surface area contributed by atoms with Crippen LogP contribution >= 0.6 is 0 Å². The quantitative estimate of drug-likeness (QED) is 0.773. The van der Waals surface area contributed by atoms with Gasteiger partial charge in [-0.1, -0.05) is 31.5 Å². The van der Waals surface area contributed by atoms with Crippen molar-refractivity contribution < 1.29 is 12.8 Å². The molecule has 4 rings (SSSR count). The zero-order valence-electron chi connectivity index (χ0n) is 15.1. The molecule has 140 valence electrons. The lowest BCUT2D eigenvalue weighted by molar-refractivity contribution is 0.246. The summed E-state index contributed by atoms with van der Waals surface area (Å²) in [6.07, 6.45) is 4.42. The van der Waals surface area contributed by atoms with Gasteiger partial charge in [-0.2, -0.15) is 0 Å². The molecule has 0 unspecified atom stereocenters. The normalized spacial score (nSPS) is 22.6. The maximum Gasteiger partial charge on any atom is 0.247 e. The van der Waals surface area contributed by atoms with Gasteiger partial charge in [-0.05, 0) is 43.2 Å². The number of rotatable bonds is 6. The average Bonchev–Trinajstić information content (AvgIpc) is 3.13. The third kappa shape index (κ3) is 3.30. The van der Waals surface area contributed by atoms with Crippen molar-refractivity contribution in [3.05, 3.63) is 36.2 Å². The molecular weight excluding hydrogens is 350 g/mol. The Hall–Kier alpha value is -1.73. The molecule has 1 aliphatic heterocycles. The Labute approximate surface area is 154 Å². The van der Waals surface area contributed by atoms with Gasteiger partial charge in [-0.25, -0.2) is 12.7 Å². The number of hydrogen-bond acceptors (Lipinski definition) is 5. The SMILES string of the molecule is CCCCS(=O)(=O)N1CCC2(CC1)C[C@H]2c1nnc(-c2ccccc2)o1. The Morgan fingerprint density at radius 1 is 1.19 bits per heavy atom. The van der Waals surface area contributed by atoms with E-state index in [1.807, 2.05) is 37.3 Å². The Balaban J connectivity index is 1.40. The van der Waals surface area contributed by atoms with E-state index in [4.69, 9.17) is 4.42 Å². The van der Waals surface area contributed by atoms with E-state index < -0.39 is 10.0 Å². The predicted molar refractivity (Wildman–Crippen MR) is 99.0 cm³/mol. The first kappa shape index (κ1) is 17.7. The highest BCUT2D eigenvalue weighted by Crippen LogP contribution is 2.64. The molecule has 2 aliphatic rings. The van der Waals surface area contributed by atoms with E-state index in [0.717, 1.165) is 37.7 Å². The van der Waals surface area contributed by atoms with Crippen LogP contribution in [0.5, 0.6) is 0 Å². The standard InChI is InChI=1S/C19H25N3O3S/c1-2-3-13-26(23,24)22-11-9-19(10-12-22)14-16(19)18-21-20-17(25-18)15-7-5-4-6-8-15/h4-8,16H,2-3,9-14H2,1H3/t16-/m0/s1. The summed E-state index contributed by atoms with van der Waals surface area (Å²) in [5.74, 6) is 1.80. The molecule has 1 spiro atoms. The Morgan fingerprint density at radius 3 is 2.62 bits per heavy atom. The summed E-state index contributed by atoms with van der Waals surface area (Å²) in [5, 5.41) is 8.45. The third-order valence-corrected chi connectivity index (χ3v) is 7.77. The number of sulfonamides is 1. The molecule has 2 heterocycles. The molecule has 7 heteroatoms.